The molecule has 0 aliphatic carbocycles. The van der Waals surface area contributed by atoms with Crippen LogP contribution in [0.3, 0.4) is 0 Å². The summed E-state index contributed by atoms with van der Waals surface area (Å²) < 4.78 is 72.9. The summed E-state index contributed by atoms with van der Waals surface area (Å²) in [4.78, 5) is 72.4. The van der Waals surface area contributed by atoms with Crippen LogP contribution in [0.4, 0.5) is 24.7 Å². The number of hydrogen-bond acceptors (Lipinski definition) is 17. The van der Waals surface area contributed by atoms with Crippen molar-refractivity contribution in [2.24, 2.45) is 5.92 Å². The third-order valence-electron chi connectivity index (χ3n) is 26.7. The first-order chi connectivity index (χ1) is 63.8. The van der Waals surface area contributed by atoms with Gasteiger partial charge in [-0.2, -0.15) is 13.2 Å². The summed E-state index contributed by atoms with van der Waals surface area (Å²) in [6.45, 7) is 30.2. The Hall–Kier alpha value is -10.8. The monoisotopic (exact) mass is 1850 g/mol. The number of amides is 1. The molecule has 132 heavy (non-hydrogen) atoms. The van der Waals surface area contributed by atoms with E-state index in [9.17, 15) is 32.3 Å². The van der Waals surface area contributed by atoms with Gasteiger partial charge in [-0.3, -0.25) is 33.9 Å². The van der Waals surface area contributed by atoms with Gasteiger partial charge in [0.25, 0.3) is 5.91 Å². The third-order valence-corrected chi connectivity index (χ3v) is 28.4. The van der Waals surface area contributed by atoms with E-state index in [0.29, 0.717) is 73.8 Å². The van der Waals surface area contributed by atoms with E-state index in [2.05, 4.69) is 123 Å². The summed E-state index contributed by atoms with van der Waals surface area (Å²) in [6, 6.07) is 49.6. The van der Waals surface area contributed by atoms with Crippen LogP contribution in [-0.2, 0) is 32.4 Å². The van der Waals surface area contributed by atoms with Crippen LogP contribution in [0.25, 0.3) is 53.8 Å². The first kappa shape index (κ1) is 95.8. The van der Waals surface area contributed by atoms with Crippen molar-refractivity contribution >= 4 is 123 Å². The minimum absolute atomic E-state index is 0.00678. The molecule has 1 amide bonds. The molecular formula is C105H124Cl2F3N13O8S. The molecule has 27 heteroatoms. The van der Waals surface area contributed by atoms with E-state index < -0.39 is 11.7 Å². The number of methoxy groups -OCH3 is 3. The highest BCUT2D eigenvalue weighted by Gasteiger charge is 2.42. The molecule has 5 aliphatic heterocycles. The lowest BCUT2D eigenvalue weighted by molar-refractivity contribution is -0.137. The second-order valence-corrected chi connectivity index (χ2v) is 37.9. The van der Waals surface area contributed by atoms with E-state index >= 15 is 0 Å². The largest absolute Gasteiger partial charge is 0.495 e. The van der Waals surface area contributed by atoms with E-state index in [0.717, 1.165) is 224 Å². The van der Waals surface area contributed by atoms with E-state index in [1.165, 1.54) is 64.5 Å². The number of ether oxygens (including phenoxy) is 4. The van der Waals surface area contributed by atoms with Crippen molar-refractivity contribution in [3.8, 4) is 23.0 Å². The Balaban J connectivity index is 0.000000135. The fourth-order valence-electron chi connectivity index (χ4n) is 20.1. The second-order valence-electron chi connectivity index (χ2n) is 36.0. The molecule has 5 fully saturated rings. The van der Waals surface area contributed by atoms with Gasteiger partial charge in [-0.1, -0.05) is 116 Å². The Kier molecular flexibility index (Phi) is 31.9. The zero-order valence-corrected chi connectivity index (χ0v) is 80.0. The number of alkyl halides is 3. The molecule has 2 bridgehead atoms. The molecule has 0 spiro atoms. The van der Waals surface area contributed by atoms with Crippen molar-refractivity contribution in [1.29, 1.82) is 0 Å². The molecule has 0 saturated carbocycles. The van der Waals surface area contributed by atoms with Crippen LogP contribution in [0.5, 0.6) is 23.0 Å². The number of fused-ring (bicyclic) bond motifs is 7. The summed E-state index contributed by atoms with van der Waals surface area (Å²) in [5.74, 6) is 4.43. The molecule has 7 aromatic carbocycles. The van der Waals surface area contributed by atoms with Crippen LogP contribution in [-0.4, -0.2) is 209 Å². The van der Waals surface area contributed by atoms with Gasteiger partial charge in [0.2, 0.25) is 0 Å². The normalized spacial score (nSPS) is 17.0. The number of aryl methyl sites for hydroxylation is 6. The number of pyridine rings is 1. The first-order valence-corrected chi connectivity index (χ1v) is 48.2. The fourth-order valence-corrected chi connectivity index (χ4v) is 21.7. The van der Waals surface area contributed by atoms with Gasteiger partial charge in [0.1, 0.15) is 34.9 Å². The summed E-state index contributed by atoms with van der Waals surface area (Å²) in [7, 11) is 5.00. The maximum absolute atomic E-state index is 13.3. The number of nitrogens with zero attached hydrogens (tertiary/aromatic N) is 12. The van der Waals surface area contributed by atoms with Crippen LogP contribution in [0, 0.1) is 19.8 Å². The Morgan fingerprint density at radius 1 is 0.492 bits per heavy atom. The van der Waals surface area contributed by atoms with Gasteiger partial charge in [0, 0.05) is 190 Å². The number of Topliss-reactive ketones (excluding diaryl/α,β-unsaturated/α-hetero) is 3. The van der Waals surface area contributed by atoms with Crippen molar-refractivity contribution in [1.82, 2.24) is 53.2 Å². The van der Waals surface area contributed by atoms with Gasteiger partial charge in [0.05, 0.1) is 74.8 Å². The van der Waals surface area contributed by atoms with Gasteiger partial charge in [-0.25, -0.2) is 9.97 Å². The Bertz CT molecular complexity index is 6090. The molecule has 18 rings (SSSR count). The predicted octanol–water partition coefficient (Wildman–Crippen LogP) is 21.7. The SMILES string of the molecule is CC(=O)c1cn(CCCN2C3CCC2CC(Oc2ccc(Cl)cc2)C3)c2c(Cl)cccc12.COc1cccc2c(C(=O)NCC(C)C)cn(CCCN3CCC(c4nc5ccccc5s4)CC3)c12.COc1cccc2c(C(C)=O)cn(CCCN3CCN(c4c(C)cccc4C)CC3)c12.COc1cccc2c(C(C)=O)cn(CCCN3CCN(c4ncccc4C(F)(F)F)CC3)c12. The molecule has 11 heterocycles. The Morgan fingerprint density at radius 2 is 0.939 bits per heavy atom. The van der Waals surface area contributed by atoms with Crippen LogP contribution < -0.4 is 34.1 Å². The summed E-state index contributed by atoms with van der Waals surface area (Å²) in [6.07, 6.45) is 16.0. The molecule has 2 atom stereocenters. The average Bonchev–Trinajstić information content (AvgIpc) is 1.62. The number of ketones is 3. The molecular weight excluding hydrogens is 1730 g/mol. The third kappa shape index (κ3) is 22.7. The number of hydrogen-bond donors (Lipinski definition) is 1. The number of para-hydroxylation sites is 6. The summed E-state index contributed by atoms with van der Waals surface area (Å²) >= 11 is 14.3. The standard InChI is InChI=1S/C29H36N4O2S.C26H28Cl2N2O2.C26H33N3O2.C24H27F3N4O2/c1-20(2)18-30-28(34)23-19-33(27-22(23)8-6-10-25(27)35-3)15-7-14-32-16-12-21(13-17-32)29-31-24-9-4-5-11-26(24)36-29;1-17(31)24-16-29(26-23(24)4-2-5-25(26)28)12-3-13-30-19-8-9-20(30)15-22(14-19)32-21-10-6-18(27)7-11-21;1-19-8-5-9-20(2)25(19)28-16-14-27(15-17-28)12-7-13-29-18-23(21(3)30)22-10-6-11-24(31-4)26(22)29;1-17(32)19-16-31(22-18(19)6-3-8-21(22)33-2)11-5-10-29-12-14-30(15-13-29)23-20(24(25,26)27)7-4-9-28-23/h4-6,8-11,19-21H,7,12-18H2,1-3H3,(H,30,34);2,4-7,10-11,16,19-20,22H,3,8-9,12-15H2,1H3;5-6,8-11,18H,7,12-17H2,1-4H3;3-4,6-9,16H,5,10-15H2,1-2H3. The predicted molar refractivity (Wildman–Crippen MR) is 527 cm³/mol. The highest BCUT2D eigenvalue weighted by Crippen LogP contribution is 2.42. The summed E-state index contributed by atoms with van der Waals surface area (Å²) in [5.41, 5.74) is 11.4. The quantitative estimate of drug-likeness (QED) is 0.0419. The van der Waals surface area contributed by atoms with Crippen LogP contribution in [0.1, 0.15) is 168 Å². The van der Waals surface area contributed by atoms with Crippen molar-refractivity contribution < 1.29 is 51.3 Å². The van der Waals surface area contributed by atoms with Crippen molar-refractivity contribution in [3.05, 3.63) is 237 Å². The molecule has 13 aromatic rings. The second kappa shape index (κ2) is 43.9. The molecule has 698 valence electrons. The van der Waals surface area contributed by atoms with E-state index in [-0.39, 0.29) is 35.2 Å². The van der Waals surface area contributed by atoms with E-state index in [1.807, 2.05) is 133 Å². The highest BCUT2D eigenvalue weighted by molar-refractivity contribution is 7.18. The van der Waals surface area contributed by atoms with Crippen molar-refractivity contribution in [2.45, 2.75) is 169 Å². The lowest BCUT2D eigenvalue weighted by Crippen LogP contribution is -2.47. The number of carbonyl (C=O) groups is 4. The van der Waals surface area contributed by atoms with E-state index in [1.54, 1.807) is 47.0 Å². The molecule has 6 aromatic heterocycles. The van der Waals surface area contributed by atoms with Gasteiger partial charge >= 0.3 is 6.18 Å². The first-order valence-electron chi connectivity index (χ1n) is 46.7. The molecule has 2 unspecified atom stereocenters. The molecule has 5 saturated heterocycles. The number of aromatic nitrogens is 6. The minimum Gasteiger partial charge on any atom is -0.495 e. The van der Waals surface area contributed by atoms with E-state index in [4.69, 9.17) is 47.1 Å². The lowest BCUT2D eigenvalue weighted by Gasteiger charge is -2.39. The number of rotatable bonds is 30. The fraction of sp³-hybridized carbons (Fsp3) is 0.429. The molecule has 5 aliphatic rings. The number of halogens is 5. The maximum Gasteiger partial charge on any atom is 0.419 e. The number of carbonyl (C=O) groups excluding carboxylic acids is 4. The lowest BCUT2D eigenvalue weighted by atomic mass is 9.97. The molecule has 21 nitrogen and oxygen atoms in total. The van der Waals surface area contributed by atoms with Gasteiger partial charge < -0.3 is 57.2 Å². The van der Waals surface area contributed by atoms with Gasteiger partial charge in [-0.15, -0.1) is 11.3 Å². The number of thiazole rings is 1. The number of likely N-dealkylation sites (tertiary alicyclic amines) is 1. The average molecular weight is 1860 g/mol. The zero-order chi connectivity index (χ0) is 92.9. The summed E-state index contributed by atoms with van der Waals surface area (Å²) in [5, 5.41) is 9.57. The maximum atomic E-state index is 13.3. The smallest absolute Gasteiger partial charge is 0.419 e. The number of piperidine rings is 2. The topological polar surface area (TPSA) is 182 Å². The number of nitrogens with one attached hydrogen (secondary N) is 1. The number of piperazine rings is 2. The van der Waals surface area contributed by atoms with Crippen LogP contribution in [0.15, 0.2) is 183 Å². The number of anilines is 2. The Labute approximate surface area is 786 Å². The number of benzene rings is 7. The molecule has 1 N–H and O–H groups in total. The minimum atomic E-state index is -4.42. The zero-order valence-electron chi connectivity index (χ0n) is 77.6. The van der Waals surface area contributed by atoms with Crippen molar-refractivity contribution in [2.75, 3.05) is 129 Å². The highest BCUT2D eigenvalue weighted by atomic mass is 35.5. The molecule has 0 radical (unpaired) electrons. The van der Waals surface area contributed by atoms with Crippen molar-refractivity contribution in [3.63, 3.8) is 0 Å². The van der Waals surface area contributed by atoms with Crippen LogP contribution in [0.2, 0.25) is 10.0 Å². The van der Waals surface area contributed by atoms with Crippen LogP contribution >= 0.6 is 34.5 Å². The van der Waals surface area contributed by atoms with Gasteiger partial charge in [-0.05, 0) is 221 Å². The Morgan fingerprint density at radius 3 is 1.42 bits per heavy atom. The van der Waals surface area contributed by atoms with Gasteiger partial charge in [0.15, 0.2) is 17.3 Å².